The maximum Gasteiger partial charge on any atom is 0.125 e. The van der Waals surface area contributed by atoms with Gasteiger partial charge in [0.15, 0.2) is 0 Å². The van der Waals surface area contributed by atoms with Crippen molar-refractivity contribution in [2.75, 3.05) is 0 Å². The molecule has 1 aromatic rings. The predicted molar refractivity (Wildman–Crippen MR) is 78.6 cm³/mol. The van der Waals surface area contributed by atoms with Crippen LogP contribution in [-0.2, 0) is 0 Å². The maximum atomic E-state index is 6.35. The lowest BCUT2D eigenvalue weighted by Gasteiger charge is -2.45. The molecular weight excluding hydrogens is 258 g/mol. The van der Waals surface area contributed by atoms with Crippen molar-refractivity contribution in [3.8, 4) is 5.75 Å². The van der Waals surface area contributed by atoms with Gasteiger partial charge in [0.2, 0.25) is 0 Å². The molecule has 1 saturated carbocycles. The Morgan fingerprint density at radius 1 is 1.37 bits per heavy atom. The number of fused-ring (bicyclic) bond motifs is 1. The van der Waals surface area contributed by atoms with E-state index in [4.69, 9.17) is 22.1 Å². The van der Waals surface area contributed by atoms with Crippen LogP contribution in [0.4, 0.5) is 0 Å². The molecule has 2 aliphatic rings. The number of hydrogen-bond acceptors (Lipinski definition) is 2. The van der Waals surface area contributed by atoms with E-state index in [-0.39, 0.29) is 11.6 Å². The van der Waals surface area contributed by atoms with Crippen molar-refractivity contribution >= 4 is 11.6 Å². The van der Waals surface area contributed by atoms with Gasteiger partial charge in [0.05, 0.1) is 0 Å². The zero-order valence-corrected chi connectivity index (χ0v) is 12.2. The fourth-order valence-electron chi connectivity index (χ4n) is 3.61. The molecule has 2 nitrogen and oxygen atoms in total. The minimum Gasteiger partial charge on any atom is -0.487 e. The van der Waals surface area contributed by atoms with Crippen LogP contribution in [0.3, 0.4) is 0 Å². The van der Waals surface area contributed by atoms with E-state index in [0.717, 1.165) is 41.5 Å². The highest BCUT2D eigenvalue weighted by Crippen LogP contribution is 2.47. The van der Waals surface area contributed by atoms with Crippen molar-refractivity contribution in [1.29, 1.82) is 0 Å². The lowest BCUT2D eigenvalue weighted by Crippen LogP contribution is -2.45. The molecule has 0 amide bonds. The smallest absolute Gasteiger partial charge is 0.125 e. The standard InChI is InChI=1S/C16H22ClNO/c1-2-11-5-7-16(8-6-11)10-14(18)13-9-12(17)3-4-15(13)19-16/h3-4,9,11,14H,2,5-8,10,18H2,1H3. The molecule has 1 aromatic carbocycles. The highest BCUT2D eigenvalue weighted by Gasteiger charge is 2.42. The summed E-state index contributed by atoms with van der Waals surface area (Å²) < 4.78 is 6.34. The molecule has 19 heavy (non-hydrogen) atoms. The van der Waals surface area contributed by atoms with Crippen LogP contribution in [0.25, 0.3) is 0 Å². The molecule has 2 N–H and O–H groups in total. The Labute approximate surface area is 120 Å². The molecule has 1 spiro atoms. The van der Waals surface area contributed by atoms with Crippen molar-refractivity contribution in [1.82, 2.24) is 0 Å². The first-order chi connectivity index (χ1) is 9.12. The first kappa shape index (κ1) is 13.3. The quantitative estimate of drug-likeness (QED) is 0.824. The van der Waals surface area contributed by atoms with E-state index < -0.39 is 0 Å². The number of halogens is 1. The Balaban J connectivity index is 1.83. The Morgan fingerprint density at radius 3 is 2.79 bits per heavy atom. The molecule has 0 aromatic heterocycles. The number of nitrogens with two attached hydrogens (primary N) is 1. The lowest BCUT2D eigenvalue weighted by atomic mass is 9.73. The van der Waals surface area contributed by atoms with Crippen molar-refractivity contribution in [2.24, 2.45) is 11.7 Å². The summed E-state index contributed by atoms with van der Waals surface area (Å²) in [7, 11) is 0. The van der Waals surface area contributed by atoms with Gasteiger partial charge in [0.1, 0.15) is 11.4 Å². The fourth-order valence-corrected chi connectivity index (χ4v) is 3.79. The van der Waals surface area contributed by atoms with E-state index in [9.17, 15) is 0 Å². The van der Waals surface area contributed by atoms with Crippen LogP contribution in [0.15, 0.2) is 18.2 Å². The van der Waals surface area contributed by atoms with Gasteiger partial charge in [-0.3, -0.25) is 0 Å². The summed E-state index contributed by atoms with van der Waals surface area (Å²) in [6.45, 7) is 2.29. The second-order valence-electron chi connectivity index (χ2n) is 6.13. The summed E-state index contributed by atoms with van der Waals surface area (Å²) in [4.78, 5) is 0. The molecule has 1 aliphatic carbocycles. The third kappa shape index (κ3) is 2.48. The van der Waals surface area contributed by atoms with Gasteiger partial charge in [-0.15, -0.1) is 0 Å². The average Bonchev–Trinajstić information content (AvgIpc) is 2.41. The number of ether oxygens (including phenoxy) is 1. The highest BCUT2D eigenvalue weighted by atomic mass is 35.5. The van der Waals surface area contributed by atoms with E-state index in [1.807, 2.05) is 18.2 Å². The van der Waals surface area contributed by atoms with Gasteiger partial charge in [0.25, 0.3) is 0 Å². The van der Waals surface area contributed by atoms with Crippen molar-refractivity contribution in [2.45, 2.75) is 57.1 Å². The van der Waals surface area contributed by atoms with Gasteiger partial charge < -0.3 is 10.5 Å². The van der Waals surface area contributed by atoms with Crippen LogP contribution in [0.1, 0.15) is 57.1 Å². The third-order valence-electron chi connectivity index (χ3n) is 4.88. The molecular formula is C16H22ClNO. The Morgan fingerprint density at radius 2 is 2.11 bits per heavy atom. The van der Waals surface area contributed by atoms with Gasteiger partial charge in [-0.1, -0.05) is 24.9 Å². The monoisotopic (exact) mass is 279 g/mol. The Hall–Kier alpha value is -0.730. The molecule has 1 aliphatic heterocycles. The summed E-state index contributed by atoms with van der Waals surface area (Å²) in [5.74, 6) is 1.81. The molecule has 1 unspecified atom stereocenters. The average molecular weight is 280 g/mol. The van der Waals surface area contributed by atoms with Crippen LogP contribution >= 0.6 is 11.6 Å². The molecule has 1 atom stereocenters. The number of rotatable bonds is 1. The third-order valence-corrected chi connectivity index (χ3v) is 5.12. The molecule has 3 rings (SSSR count). The normalized spacial score (nSPS) is 33.8. The predicted octanol–water partition coefficient (Wildman–Crippen LogP) is 4.46. The van der Waals surface area contributed by atoms with Crippen molar-refractivity contribution in [3.05, 3.63) is 28.8 Å². The van der Waals surface area contributed by atoms with E-state index in [0.29, 0.717) is 0 Å². The maximum absolute atomic E-state index is 6.35. The van der Waals surface area contributed by atoms with Crippen LogP contribution in [0.5, 0.6) is 5.75 Å². The van der Waals surface area contributed by atoms with Gasteiger partial charge >= 0.3 is 0 Å². The molecule has 0 bridgehead atoms. The fraction of sp³-hybridized carbons (Fsp3) is 0.625. The van der Waals surface area contributed by atoms with Gasteiger partial charge in [-0.25, -0.2) is 0 Å². The van der Waals surface area contributed by atoms with Gasteiger partial charge in [0, 0.05) is 23.0 Å². The Kier molecular flexibility index (Phi) is 3.48. The summed E-state index contributed by atoms with van der Waals surface area (Å²) in [6.07, 6.45) is 7.03. The van der Waals surface area contributed by atoms with Crippen molar-refractivity contribution < 1.29 is 4.74 Å². The zero-order chi connectivity index (χ0) is 13.5. The van der Waals surface area contributed by atoms with Crippen LogP contribution in [0.2, 0.25) is 5.02 Å². The van der Waals surface area contributed by atoms with E-state index in [1.54, 1.807) is 0 Å². The molecule has 104 valence electrons. The van der Waals surface area contributed by atoms with Gasteiger partial charge in [-0.05, 0) is 49.8 Å². The van der Waals surface area contributed by atoms with E-state index >= 15 is 0 Å². The molecule has 1 heterocycles. The zero-order valence-electron chi connectivity index (χ0n) is 11.5. The van der Waals surface area contributed by atoms with Crippen LogP contribution in [-0.4, -0.2) is 5.60 Å². The Bertz CT molecular complexity index is 466. The topological polar surface area (TPSA) is 35.2 Å². The number of benzene rings is 1. The molecule has 0 radical (unpaired) electrons. The summed E-state index contributed by atoms with van der Waals surface area (Å²) in [6, 6.07) is 5.88. The largest absolute Gasteiger partial charge is 0.487 e. The summed E-state index contributed by atoms with van der Waals surface area (Å²) >= 11 is 6.05. The molecule has 1 fully saturated rings. The summed E-state index contributed by atoms with van der Waals surface area (Å²) in [5, 5.41) is 0.739. The second-order valence-corrected chi connectivity index (χ2v) is 6.57. The number of hydrogen-bond donors (Lipinski definition) is 1. The minimum atomic E-state index is -0.0219. The summed E-state index contributed by atoms with van der Waals surface area (Å²) in [5.41, 5.74) is 7.39. The first-order valence-electron chi connectivity index (χ1n) is 7.36. The minimum absolute atomic E-state index is 0.0219. The lowest BCUT2D eigenvalue weighted by molar-refractivity contribution is -0.0109. The molecule has 3 heteroatoms. The SMILES string of the molecule is CCC1CCC2(CC1)CC(N)c1cc(Cl)ccc1O2. The second kappa shape index (κ2) is 4.99. The van der Waals surface area contributed by atoms with E-state index in [1.165, 1.54) is 19.3 Å². The first-order valence-corrected chi connectivity index (χ1v) is 7.74. The van der Waals surface area contributed by atoms with Crippen LogP contribution < -0.4 is 10.5 Å². The van der Waals surface area contributed by atoms with Crippen LogP contribution in [0, 0.1) is 5.92 Å². The van der Waals surface area contributed by atoms with E-state index in [2.05, 4.69) is 6.92 Å². The van der Waals surface area contributed by atoms with Gasteiger partial charge in [-0.2, -0.15) is 0 Å². The molecule has 0 saturated heterocycles. The highest BCUT2D eigenvalue weighted by molar-refractivity contribution is 6.30. The van der Waals surface area contributed by atoms with Crippen molar-refractivity contribution in [3.63, 3.8) is 0 Å².